The van der Waals surface area contributed by atoms with E-state index in [-0.39, 0.29) is 0 Å². The fourth-order valence-electron chi connectivity index (χ4n) is 3.48. The Morgan fingerprint density at radius 3 is 2.14 bits per heavy atom. The van der Waals surface area contributed by atoms with E-state index in [2.05, 4.69) is 74.0 Å². The van der Waals surface area contributed by atoms with E-state index in [4.69, 9.17) is 0 Å². The molecule has 1 nitrogen and oxygen atoms in total. The summed E-state index contributed by atoms with van der Waals surface area (Å²) in [5, 5.41) is 5.39. The van der Waals surface area contributed by atoms with Crippen LogP contribution in [-0.2, 0) is 19.9 Å². The first-order valence-corrected chi connectivity index (χ1v) is 8.15. The Morgan fingerprint density at radius 1 is 0.682 bits per heavy atom. The first-order chi connectivity index (χ1) is 10.7. The molecule has 1 heterocycles. The highest BCUT2D eigenvalue weighted by molar-refractivity contribution is 6.12. The average Bonchev–Trinajstić information content (AvgIpc) is 2.84. The summed E-state index contributed by atoms with van der Waals surface area (Å²) in [7, 11) is 2.18. The van der Waals surface area contributed by atoms with Crippen LogP contribution in [0.4, 0.5) is 0 Å². The molecule has 0 atom stereocenters. The van der Waals surface area contributed by atoms with Gasteiger partial charge in [0.25, 0.3) is 0 Å². The predicted molar refractivity (Wildman–Crippen MR) is 96.7 cm³/mol. The SMILES string of the molecule is CCc1ccc2cc3c4ccc(CC)cc4n(C)c3cc2c1. The molecule has 0 saturated carbocycles. The van der Waals surface area contributed by atoms with E-state index >= 15 is 0 Å². The molecule has 0 aliphatic heterocycles. The number of nitrogens with zero attached hydrogens (tertiary/aromatic N) is 1. The fourth-order valence-corrected chi connectivity index (χ4v) is 3.48. The van der Waals surface area contributed by atoms with Crippen molar-refractivity contribution in [3.05, 3.63) is 59.7 Å². The Balaban J connectivity index is 2.12. The molecular weight excluding hydrogens is 266 g/mol. The zero-order valence-electron chi connectivity index (χ0n) is 13.5. The number of benzene rings is 3. The summed E-state index contributed by atoms with van der Waals surface area (Å²) in [6.07, 6.45) is 2.17. The van der Waals surface area contributed by atoms with Crippen LogP contribution in [0.3, 0.4) is 0 Å². The molecule has 0 aliphatic rings. The molecule has 22 heavy (non-hydrogen) atoms. The fraction of sp³-hybridized carbons (Fsp3) is 0.238. The molecular formula is C21H21N. The first kappa shape index (κ1) is 13.4. The Morgan fingerprint density at radius 2 is 1.36 bits per heavy atom. The van der Waals surface area contributed by atoms with Crippen molar-refractivity contribution in [2.24, 2.45) is 7.05 Å². The maximum absolute atomic E-state index is 2.35. The quantitative estimate of drug-likeness (QED) is 0.451. The number of fused-ring (bicyclic) bond motifs is 4. The molecule has 4 rings (SSSR count). The summed E-state index contributed by atoms with van der Waals surface area (Å²) < 4.78 is 2.34. The van der Waals surface area contributed by atoms with Crippen molar-refractivity contribution >= 4 is 32.6 Å². The smallest absolute Gasteiger partial charge is 0.0495 e. The highest BCUT2D eigenvalue weighted by atomic mass is 14.9. The van der Waals surface area contributed by atoms with Gasteiger partial charge in [-0.25, -0.2) is 0 Å². The third-order valence-electron chi connectivity index (χ3n) is 4.91. The molecule has 0 saturated heterocycles. The molecule has 1 aromatic heterocycles. The largest absolute Gasteiger partial charge is 0.344 e. The van der Waals surface area contributed by atoms with E-state index in [9.17, 15) is 0 Å². The maximum atomic E-state index is 2.35. The van der Waals surface area contributed by atoms with Crippen LogP contribution in [0.5, 0.6) is 0 Å². The molecule has 0 fully saturated rings. The lowest BCUT2D eigenvalue weighted by Crippen LogP contribution is -1.88. The number of hydrogen-bond donors (Lipinski definition) is 0. The minimum absolute atomic E-state index is 1.08. The van der Waals surface area contributed by atoms with Gasteiger partial charge in [0.2, 0.25) is 0 Å². The van der Waals surface area contributed by atoms with Gasteiger partial charge in [0, 0.05) is 28.9 Å². The van der Waals surface area contributed by atoms with Gasteiger partial charge < -0.3 is 4.57 Å². The van der Waals surface area contributed by atoms with Gasteiger partial charge in [0.05, 0.1) is 0 Å². The lowest BCUT2D eigenvalue weighted by atomic mass is 10.0. The molecule has 4 aromatic rings. The molecule has 1 heteroatoms. The lowest BCUT2D eigenvalue weighted by Gasteiger charge is -2.03. The van der Waals surface area contributed by atoms with Crippen LogP contribution in [0.15, 0.2) is 48.5 Å². The van der Waals surface area contributed by atoms with Crippen molar-refractivity contribution in [3.8, 4) is 0 Å². The molecule has 0 amide bonds. The van der Waals surface area contributed by atoms with Gasteiger partial charge in [-0.15, -0.1) is 0 Å². The zero-order valence-corrected chi connectivity index (χ0v) is 13.5. The van der Waals surface area contributed by atoms with E-state index < -0.39 is 0 Å². The molecule has 110 valence electrons. The van der Waals surface area contributed by atoms with Gasteiger partial charge in [-0.3, -0.25) is 0 Å². The average molecular weight is 287 g/mol. The van der Waals surface area contributed by atoms with E-state index in [0.717, 1.165) is 12.8 Å². The molecule has 0 N–H and O–H groups in total. The van der Waals surface area contributed by atoms with Crippen molar-refractivity contribution in [1.29, 1.82) is 0 Å². The van der Waals surface area contributed by atoms with Crippen molar-refractivity contribution in [1.82, 2.24) is 4.57 Å². The summed E-state index contributed by atoms with van der Waals surface area (Å²) in [4.78, 5) is 0. The van der Waals surface area contributed by atoms with Gasteiger partial charge >= 0.3 is 0 Å². The zero-order chi connectivity index (χ0) is 15.3. The van der Waals surface area contributed by atoms with Crippen LogP contribution < -0.4 is 0 Å². The molecule has 0 spiro atoms. The van der Waals surface area contributed by atoms with Gasteiger partial charge in [0.1, 0.15) is 0 Å². The summed E-state index contributed by atoms with van der Waals surface area (Å²) in [6.45, 7) is 4.42. The molecule has 3 aromatic carbocycles. The Bertz CT molecular complexity index is 1000. The minimum Gasteiger partial charge on any atom is -0.344 e. The monoisotopic (exact) mass is 287 g/mol. The van der Waals surface area contributed by atoms with Gasteiger partial charge in [-0.05, 0) is 52.9 Å². The summed E-state index contributed by atoms with van der Waals surface area (Å²) in [6, 6.07) is 18.4. The van der Waals surface area contributed by atoms with E-state index in [0.29, 0.717) is 0 Å². The Labute approximate surface area is 131 Å². The molecule has 0 bridgehead atoms. The van der Waals surface area contributed by atoms with Crippen LogP contribution in [0.25, 0.3) is 32.6 Å². The summed E-state index contributed by atoms with van der Waals surface area (Å²) >= 11 is 0. The molecule has 0 aliphatic carbocycles. The van der Waals surface area contributed by atoms with Crippen LogP contribution in [0, 0.1) is 0 Å². The topological polar surface area (TPSA) is 4.93 Å². The maximum Gasteiger partial charge on any atom is 0.0495 e. The Hall–Kier alpha value is -2.28. The third-order valence-corrected chi connectivity index (χ3v) is 4.91. The van der Waals surface area contributed by atoms with Crippen molar-refractivity contribution in [2.75, 3.05) is 0 Å². The van der Waals surface area contributed by atoms with Crippen LogP contribution in [0.2, 0.25) is 0 Å². The lowest BCUT2D eigenvalue weighted by molar-refractivity contribution is 1.01. The predicted octanol–water partition coefficient (Wildman–Crippen LogP) is 5.61. The standard InChI is InChI=1S/C21H21N/c1-4-14-6-8-16-12-19-18-9-7-15(5-2)11-20(18)22(3)21(19)13-17(16)10-14/h6-13H,4-5H2,1-3H3. The minimum atomic E-state index is 1.08. The Kier molecular flexibility index (Phi) is 2.97. The number of aryl methyl sites for hydroxylation is 3. The van der Waals surface area contributed by atoms with Crippen LogP contribution >= 0.6 is 0 Å². The second kappa shape index (κ2) is 4.88. The van der Waals surface area contributed by atoms with Crippen LogP contribution in [0.1, 0.15) is 25.0 Å². The van der Waals surface area contributed by atoms with Crippen molar-refractivity contribution in [2.45, 2.75) is 26.7 Å². The van der Waals surface area contributed by atoms with Crippen LogP contribution in [-0.4, -0.2) is 4.57 Å². The second-order valence-corrected chi connectivity index (χ2v) is 6.17. The highest BCUT2D eigenvalue weighted by Crippen LogP contribution is 2.32. The van der Waals surface area contributed by atoms with Gasteiger partial charge in [-0.1, -0.05) is 44.2 Å². The molecule has 0 unspecified atom stereocenters. The van der Waals surface area contributed by atoms with Gasteiger partial charge in [-0.2, -0.15) is 0 Å². The summed E-state index contributed by atoms with van der Waals surface area (Å²) in [5.41, 5.74) is 5.46. The van der Waals surface area contributed by atoms with E-state index in [1.165, 1.54) is 43.7 Å². The highest BCUT2D eigenvalue weighted by Gasteiger charge is 2.10. The van der Waals surface area contributed by atoms with E-state index in [1.54, 1.807) is 0 Å². The third kappa shape index (κ3) is 1.85. The number of aromatic nitrogens is 1. The van der Waals surface area contributed by atoms with Crippen molar-refractivity contribution in [3.63, 3.8) is 0 Å². The first-order valence-electron chi connectivity index (χ1n) is 8.15. The second-order valence-electron chi connectivity index (χ2n) is 6.17. The summed E-state index contributed by atoms with van der Waals surface area (Å²) in [5.74, 6) is 0. The number of hydrogen-bond acceptors (Lipinski definition) is 0. The molecule has 0 radical (unpaired) electrons. The normalized spacial score (nSPS) is 11.8. The number of rotatable bonds is 2. The van der Waals surface area contributed by atoms with E-state index in [1.807, 2.05) is 0 Å². The van der Waals surface area contributed by atoms with Crippen molar-refractivity contribution < 1.29 is 0 Å². The van der Waals surface area contributed by atoms with Gasteiger partial charge in [0.15, 0.2) is 0 Å².